The quantitative estimate of drug-likeness (QED) is 0.937. The maximum atomic E-state index is 12.2. The summed E-state index contributed by atoms with van der Waals surface area (Å²) in [6.07, 6.45) is 1.72. The molecule has 0 bridgehead atoms. The predicted molar refractivity (Wildman–Crippen MR) is 92.0 cm³/mol. The molecule has 3 rings (SSSR count). The Labute approximate surface area is 142 Å². The molecule has 0 aliphatic heterocycles. The summed E-state index contributed by atoms with van der Waals surface area (Å²) in [6, 6.07) is 15.4. The van der Waals surface area contributed by atoms with Gasteiger partial charge in [0.25, 0.3) is 5.91 Å². The van der Waals surface area contributed by atoms with Gasteiger partial charge < -0.3 is 10.1 Å². The van der Waals surface area contributed by atoms with Gasteiger partial charge in [0.15, 0.2) is 0 Å². The molecular formula is C20H20N2O2. The van der Waals surface area contributed by atoms with Gasteiger partial charge in [0.05, 0.1) is 11.6 Å². The van der Waals surface area contributed by atoms with Gasteiger partial charge in [-0.15, -0.1) is 0 Å². The Morgan fingerprint density at radius 2 is 1.88 bits per heavy atom. The molecule has 0 aromatic heterocycles. The minimum atomic E-state index is -0.0346. The third-order valence-corrected chi connectivity index (χ3v) is 4.36. The first-order chi connectivity index (χ1) is 11.5. The SMILES string of the molecule is Cc1ccc(C(=O)N[C@H]2C[C@H](Oc3ccc(C#N)c(C)c3)C2)cc1. The summed E-state index contributed by atoms with van der Waals surface area (Å²) < 4.78 is 5.90. The van der Waals surface area contributed by atoms with Crippen LogP contribution in [0.25, 0.3) is 0 Å². The second-order valence-corrected chi connectivity index (χ2v) is 6.34. The summed E-state index contributed by atoms with van der Waals surface area (Å²) >= 11 is 0. The Kier molecular flexibility index (Phi) is 4.52. The maximum Gasteiger partial charge on any atom is 0.251 e. The molecule has 0 heterocycles. The third kappa shape index (κ3) is 3.57. The Morgan fingerprint density at radius 3 is 2.50 bits per heavy atom. The fourth-order valence-corrected chi connectivity index (χ4v) is 2.78. The summed E-state index contributed by atoms with van der Waals surface area (Å²) in [5, 5.41) is 12.0. The van der Waals surface area contributed by atoms with E-state index in [-0.39, 0.29) is 18.1 Å². The zero-order valence-corrected chi connectivity index (χ0v) is 13.9. The van der Waals surface area contributed by atoms with Gasteiger partial charge in [-0.05, 0) is 49.7 Å². The van der Waals surface area contributed by atoms with E-state index < -0.39 is 0 Å². The molecule has 0 atom stereocenters. The Hall–Kier alpha value is -2.80. The summed E-state index contributed by atoms with van der Waals surface area (Å²) in [7, 11) is 0. The molecule has 122 valence electrons. The molecule has 4 nitrogen and oxygen atoms in total. The highest BCUT2D eigenvalue weighted by Gasteiger charge is 2.32. The lowest BCUT2D eigenvalue weighted by molar-refractivity contribution is 0.0701. The molecule has 1 aliphatic rings. The largest absolute Gasteiger partial charge is 0.490 e. The van der Waals surface area contributed by atoms with Crippen LogP contribution in [0.2, 0.25) is 0 Å². The summed E-state index contributed by atoms with van der Waals surface area (Å²) in [5.41, 5.74) is 3.41. The fourth-order valence-electron chi connectivity index (χ4n) is 2.78. The molecule has 1 saturated carbocycles. The lowest BCUT2D eigenvalue weighted by Gasteiger charge is -2.35. The number of benzene rings is 2. The highest BCUT2D eigenvalue weighted by atomic mass is 16.5. The first kappa shape index (κ1) is 16.1. The predicted octanol–water partition coefficient (Wildman–Crippen LogP) is 3.51. The van der Waals surface area contributed by atoms with Gasteiger partial charge in [0.2, 0.25) is 0 Å². The Morgan fingerprint density at radius 1 is 1.17 bits per heavy atom. The van der Waals surface area contributed by atoms with Crippen LogP contribution in [0.1, 0.15) is 39.9 Å². The molecule has 1 amide bonds. The van der Waals surface area contributed by atoms with Gasteiger partial charge in [-0.1, -0.05) is 17.7 Å². The molecule has 0 unspecified atom stereocenters. The maximum absolute atomic E-state index is 12.2. The van der Waals surface area contributed by atoms with E-state index in [1.807, 2.05) is 50.2 Å². The van der Waals surface area contributed by atoms with Crippen molar-refractivity contribution in [2.75, 3.05) is 0 Å². The Bertz CT molecular complexity index is 784. The van der Waals surface area contributed by atoms with Crippen molar-refractivity contribution in [3.8, 4) is 11.8 Å². The second-order valence-electron chi connectivity index (χ2n) is 6.34. The minimum Gasteiger partial charge on any atom is -0.490 e. The van der Waals surface area contributed by atoms with Gasteiger partial charge in [-0.3, -0.25) is 4.79 Å². The lowest BCUT2D eigenvalue weighted by atomic mass is 9.89. The number of nitrogens with one attached hydrogen (secondary N) is 1. The molecule has 4 heteroatoms. The van der Waals surface area contributed by atoms with E-state index in [0.29, 0.717) is 11.1 Å². The molecule has 0 radical (unpaired) electrons. The number of ether oxygens (including phenoxy) is 1. The molecule has 1 aliphatic carbocycles. The van der Waals surface area contributed by atoms with Gasteiger partial charge in [-0.25, -0.2) is 0 Å². The highest BCUT2D eigenvalue weighted by Crippen LogP contribution is 2.27. The van der Waals surface area contributed by atoms with Crippen LogP contribution in [0, 0.1) is 25.2 Å². The summed E-state index contributed by atoms with van der Waals surface area (Å²) in [4.78, 5) is 12.2. The first-order valence-corrected chi connectivity index (χ1v) is 8.10. The van der Waals surface area contributed by atoms with E-state index in [1.54, 1.807) is 6.07 Å². The first-order valence-electron chi connectivity index (χ1n) is 8.10. The van der Waals surface area contributed by atoms with Crippen molar-refractivity contribution in [1.82, 2.24) is 5.32 Å². The van der Waals surface area contributed by atoms with E-state index in [4.69, 9.17) is 10.00 Å². The Balaban J connectivity index is 1.49. The van der Waals surface area contributed by atoms with Gasteiger partial charge >= 0.3 is 0 Å². The van der Waals surface area contributed by atoms with E-state index in [0.717, 1.165) is 29.7 Å². The minimum absolute atomic E-state index is 0.0346. The molecule has 2 aromatic rings. The number of nitrogens with zero attached hydrogens (tertiary/aromatic N) is 1. The lowest BCUT2D eigenvalue weighted by Crippen LogP contribution is -2.49. The van der Waals surface area contributed by atoms with Crippen molar-refractivity contribution in [3.63, 3.8) is 0 Å². The number of hydrogen-bond acceptors (Lipinski definition) is 3. The molecule has 2 aromatic carbocycles. The molecule has 0 saturated heterocycles. The number of carbonyl (C=O) groups excluding carboxylic acids is 1. The number of aryl methyl sites for hydroxylation is 2. The van der Waals surface area contributed by atoms with Crippen molar-refractivity contribution in [2.45, 2.75) is 38.8 Å². The standard InChI is InChI=1S/C20H20N2O2/c1-13-3-5-15(6-4-13)20(23)22-17-10-19(11-17)24-18-8-7-16(12-21)14(2)9-18/h3-9,17,19H,10-11H2,1-2H3,(H,22,23)/t17-,19-. The number of carbonyl (C=O) groups is 1. The van der Waals surface area contributed by atoms with E-state index in [9.17, 15) is 4.79 Å². The van der Waals surface area contributed by atoms with Crippen molar-refractivity contribution in [3.05, 3.63) is 64.7 Å². The smallest absolute Gasteiger partial charge is 0.251 e. The van der Waals surface area contributed by atoms with Gasteiger partial charge in [-0.2, -0.15) is 5.26 Å². The number of nitriles is 1. The van der Waals surface area contributed by atoms with Crippen LogP contribution < -0.4 is 10.1 Å². The molecule has 24 heavy (non-hydrogen) atoms. The average molecular weight is 320 g/mol. The van der Waals surface area contributed by atoms with Crippen LogP contribution >= 0.6 is 0 Å². The molecular weight excluding hydrogens is 300 g/mol. The van der Waals surface area contributed by atoms with Gasteiger partial charge in [0.1, 0.15) is 11.9 Å². The summed E-state index contributed by atoms with van der Waals surface area (Å²) in [5.74, 6) is 0.743. The van der Waals surface area contributed by atoms with Crippen molar-refractivity contribution < 1.29 is 9.53 Å². The fraction of sp³-hybridized carbons (Fsp3) is 0.300. The van der Waals surface area contributed by atoms with E-state index in [1.165, 1.54) is 0 Å². The topological polar surface area (TPSA) is 62.1 Å². The van der Waals surface area contributed by atoms with Gasteiger partial charge in [0, 0.05) is 24.4 Å². The number of rotatable bonds is 4. The van der Waals surface area contributed by atoms with Crippen LogP contribution in [0.4, 0.5) is 0 Å². The molecule has 1 fully saturated rings. The highest BCUT2D eigenvalue weighted by molar-refractivity contribution is 5.94. The van der Waals surface area contributed by atoms with Crippen LogP contribution in [0.3, 0.4) is 0 Å². The van der Waals surface area contributed by atoms with Crippen LogP contribution in [0.15, 0.2) is 42.5 Å². The van der Waals surface area contributed by atoms with Crippen molar-refractivity contribution in [2.24, 2.45) is 0 Å². The second kappa shape index (κ2) is 6.76. The average Bonchev–Trinajstić information content (AvgIpc) is 2.53. The van der Waals surface area contributed by atoms with E-state index >= 15 is 0 Å². The molecule has 0 spiro atoms. The zero-order valence-electron chi connectivity index (χ0n) is 13.9. The zero-order chi connectivity index (χ0) is 17.1. The van der Waals surface area contributed by atoms with Crippen LogP contribution in [0.5, 0.6) is 5.75 Å². The van der Waals surface area contributed by atoms with Crippen molar-refractivity contribution in [1.29, 1.82) is 5.26 Å². The van der Waals surface area contributed by atoms with Crippen LogP contribution in [-0.4, -0.2) is 18.1 Å². The number of amides is 1. The number of hydrogen-bond donors (Lipinski definition) is 1. The normalized spacial score (nSPS) is 19.0. The van der Waals surface area contributed by atoms with E-state index in [2.05, 4.69) is 11.4 Å². The van der Waals surface area contributed by atoms with Crippen LogP contribution in [-0.2, 0) is 0 Å². The van der Waals surface area contributed by atoms with Crippen molar-refractivity contribution >= 4 is 5.91 Å². The third-order valence-electron chi connectivity index (χ3n) is 4.36. The monoisotopic (exact) mass is 320 g/mol. The molecule has 1 N–H and O–H groups in total. The summed E-state index contributed by atoms with van der Waals surface area (Å²) in [6.45, 7) is 3.90.